The molecular formula is C15H19ClFN3. The zero-order valence-electron chi connectivity index (χ0n) is 12.0. The van der Waals surface area contributed by atoms with Crippen molar-refractivity contribution < 1.29 is 4.39 Å². The van der Waals surface area contributed by atoms with Gasteiger partial charge in [0.05, 0.1) is 0 Å². The molecule has 1 aromatic carbocycles. The van der Waals surface area contributed by atoms with Gasteiger partial charge in [0.25, 0.3) is 0 Å². The molecule has 0 aliphatic heterocycles. The van der Waals surface area contributed by atoms with Crippen LogP contribution in [-0.4, -0.2) is 9.55 Å². The summed E-state index contributed by atoms with van der Waals surface area (Å²) in [5.74, 6) is 1.01. The molecule has 0 saturated heterocycles. The molecule has 0 bridgehead atoms. The molecule has 20 heavy (non-hydrogen) atoms. The van der Waals surface area contributed by atoms with Crippen molar-refractivity contribution in [1.29, 1.82) is 0 Å². The Balaban J connectivity index is 2.63. The molecule has 0 saturated carbocycles. The highest BCUT2D eigenvalue weighted by atomic mass is 35.5. The van der Waals surface area contributed by atoms with Crippen LogP contribution in [0.4, 0.5) is 10.2 Å². The molecule has 0 amide bonds. The van der Waals surface area contributed by atoms with Gasteiger partial charge in [-0.3, -0.25) is 0 Å². The van der Waals surface area contributed by atoms with Gasteiger partial charge in [-0.05, 0) is 38.5 Å². The van der Waals surface area contributed by atoms with E-state index in [0.717, 1.165) is 18.7 Å². The quantitative estimate of drug-likeness (QED) is 0.905. The third kappa shape index (κ3) is 2.66. The van der Waals surface area contributed by atoms with E-state index in [1.54, 1.807) is 6.07 Å². The number of nitrogens with two attached hydrogens (primary N) is 1. The summed E-state index contributed by atoms with van der Waals surface area (Å²) in [5, 5.41) is 0.469. The second-order valence-corrected chi connectivity index (χ2v) is 5.54. The number of benzene rings is 1. The molecule has 1 heterocycles. The van der Waals surface area contributed by atoms with Gasteiger partial charge in [0, 0.05) is 23.0 Å². The van der Waals surface area contributed by atoms with Crippen molar-refractivity contribution in [2.45, 2.75) is 39.7 Å². The van der Waals surface area contributed by atoms with Gasteiger partial charge in [0.2, 0.25) is 0 Å². The van der Waals surface area contributed by atoms with Crippen LogP contribution in [0.15, 0.2) is 18.2 Å². The van der Waals surface area contributed by atoms with Crippen molar-refractivity contribution in [3.05, 3.63) is 34.9 Å². The van der Waals surface area contributed by atoms with Gasteiger partial charge < -0.3 is 10.3 Å². The summed E-state index contributed by atoms with van der Waals surface area (Å²) in [7, 11) is 0. The molecule has 3 nitrogen and oxygen atoms in total. The largest absolute Gasteiger partial charge is 0.383 e. The number of halogens is 2. The van der Waals surface area contributed by atoms with Crippen molar-refractivity contribution in [3.63, 3.8) is 0 Å². The normalized spacial score (nSPS) is 11.3. The SMILES string of the molecule is CCCc1nc(-c2cc(Cl)ccc2F)c(N)n1C(C)C. The molecule has 5 heteroatoms. The summed E-state index contributed by atoms with van der Waals surface area (Å²) < 4.78 is 16.0. The van der Waals surface area contributed by atoms with Gasteiger partial charge in [-0.25, -0.2) is 9.37 Å². The minimum absolute atomic E-state index is 0.181. The predicted molar refractivity (Wildman–Crippen MR) is 81.4 cm³/mol. The number of nitrogen functional groups attached to an aromatic ring is 1. The molecule has 0 unspecified atom stereocenters. The smallest absolute Gasteiger partial charge is 0.132 e. The molecule has 0 atom stereocenters. The molecule has 2 aromatic rings. The number of rotatable bonds is 4. The van der Waals surface area contributed by atoms with Gasteiger partial charge >= 0.3 is 0 Å². The van der Waals surface area contributed by atoms with E-state index < -0.39 is 0 Å². The van der Waals surface area contributed by atoms with Crippen LogP contribution in [-0.2, 0) is 6.42 Å². The first-order valence-electron chi connectivity index (χ1n) is 6.77. The highest BCUT2D eigenvalue weighted by Gasteiger charge is 2.20. The van der Waals surface area contributed by atoms with Crippen LogP contribution in [0.1, 0.15) is 39.1 Å². The highest BCUT2D eigenvalue weighted by Crippen LogP contribution is 2.32. The van der Waals surface area contributed by atoms with Crippen LogP contribution in [0.3, 0.4) is 0 Å². The fourth-order valence-electron chi connectivity index (χ4n) is 2.35. The molecule has 1 aromatic heterocycles. The Kier molecular flexibility index (Phi) is 4.33. The number of aryl methyl sites for hydroxylation is 1. The highest BCUT2D eigenvalue weighted by molar-refractivity contribution is 6.30. The summed E-state index contributed by atoms with van der Waals surface area (Å²) in [6, 6.07) is 4.60. The van der Waals surface area contributed by atoms with Crippen LogP contribution < -0.4 is 5.73 Å². The first kappa shape index (κ1) is 14.9. The number of nitrogens with zero attached hydrogens (tertiary/aromatic N) is 2. The van der Waals surface area contributed by atoms with Gasteiger partial charge in [-0.15, -0.1) is 0 Å². The van der Waals surface area contributed by atoms with Crippen LogP contribution >= 0.6 is 11.6 Å². The Morgan fingerprint density at radius 1 is 1.40 bits per heavy atom. The van der Waals surface area contributed by atoms with E-state index in [2.05, 4.69) is 11.9 Å². The maximum Gasteiger partial charge on any atom is 0.132 e. The zero-order chi connectivity index (χ0) is 14.9. The van der Waals surface area contributed by atoms with Crippen LogP contribution in [0, 0.1) is 5.82 Å². The van der Waals surface area contributed by atoms with Crippen molar-refractivity contribution >= 4 is 17.4 Å². The molecule has 0 aliphatic rings. The fraction of sp³-hybridized carbons (Fsp3) is 0.400. The standard InChI is InChI=1S/C15H19ClFN3/c1-4-5-13-19-14(15(18)20(13)9(2)3)11-8-10(16)6-7-12(11)17/h6-9H,4-5,18H2,1-3H3. The number of hydrogen-bond donors (Lipinski definition) is 1. The maximum atomic E-state index is 14.0. The minimum Gasteiger partial charge on any atom is -0.383 e. The topological polar surface area (TPSA) is 43.8 Å². The second kappa shape index (κ2) is 5.83. The summed E-state index contributed by atoms with van der Waals surface area (Å²) in [4.78, 5) is 4.53. The first-order valence-corrected chi connectivity index (χ1v) is 7.15. The lowest BCUT2D eigenvalue weighted by atomic mass is 10.1. The zero-order valence-corrected chi connectivity index (χ0v) is 12.7. The lowest BCUT2D eigenvalue weighted by Gasteiger charge is -2.13. The van der Waals surface area contributed by atoms with Gasteiger partial charge in [-0.2, -0.15) is 0 Å². The van der Waals surface area contributed by atoms with E-state index in [4.69, 9.17) is 17.3 Å². The second-order valence-electron chi connectivity index (χ2n) is 5.10. The van der Waals surface area contributed by atoms with E-state index >= 15 is 0 Å². The Hall–Kier alpha value is -1.55. The van der Waals surface area contributed by atoms with Gasteiger partial charge in [-0.1, -0.05) is 18.5 Å². The third-order valence-electron chi connectivity index (χ3n) is 3.19. The number of imidazole rings is 1. The summed E-state index contributed by atoms with van der Waals surface area (Å²) in [6.45, 7) is 6.15. The fourth-order valence-corrected chi connectivity index (χ4v) is 2.52. The van der Waals surface area contributed by atoms with Crippen molar-refractivity contribution in [1.82, 2.24) is 9.55 Å². The van der Waals surface area contributed by atoms with Crippen LogP contribution in [0.25, 0.3) is 11.3 Å². The molecule has 0 spiro atoms. The van der Waals surface area contributed by atoms with Gasteiger partial charge in [0.15, 0.2) is 0 Å². The molecule has 2 N–H and O–H groups in total. The molecular weight excluding hydrogens is 277 g/mol. The maximum absolute atomic E-state index is 14.0. The average Bonchev–Trinajstić information content (AvgIpc) is 2.70. The first-order chi connectivity index (χ1) is 9.45. The van der Waals surface area contributed by atoms with Gasteiger partial charge in [0.1, 0.15) is 23.2 Å². The van der Waals surface area contributed by atoms with Crippen LogP contribution in [0.5, 0.6) is 0 Å². The predicted octanol–water partition coefficient (Wildman–Crippen LogP) is 4.46. The Morgan fingerprint density at radius 2 is 2.10 bits per heavy atom. The van der Waals surface area contributed by atoms with Crippen molar-refractivity contribution in [2.75, 3.05) is 5.73 Å². The summed E-state index contributed by atoms with van der Waals surface area (Å²) >= 11 is 5.95. The van der Waals surface area contributed by atoms with E-state index in [0.29, 0.717) is 22.1 Å². The minimum atomic E-state index is -0.363. The summed E-state index contributed by atoms with van der Waals surface area (Å²) in [6.07, 6.45) is 1.77. The summed E-state index contributed by atoms with van der Waals surface area (Å²) in [5.41, 5.74) is 7.00. The van der Waals surface area contributed by atoms with Crippen LogP contribution in [0.2, 0.25) is 5.02 Å². The molecule has 0 aliphatic carbocycles. The molecule has 0 fully saturated rings. The molecule has 2 rings (SSSR count). The Labute approximate surface area is 123 Å². The van der Waals surface area contributed by atoms with Crippen molar-refractivity contribution in [3.8, 4) is 11.3 Å². The molecule has 108 valence electrons. The lowest BCUT2D eigenvalue weighted by molar-refractivity contribution is 0.571. The lowest BCUT2D eigenvalue weighted by Crippen LogP contribution is -2.09. The Morgan fingerprint density at radius 3 is 2.70 bits per heavy atom. The number of aromatic nitrogens is 2. The Bertz CT molecular complexity index is 620. The monoisotopic (exact) mass is 295 g/mol. The van der Waals surface area contributed by atoms with E-state index in [1.807, 2.05) is 18.4 Å². The number of anilines is 1. The third-order valence-corrected chi connectivity index (χ3v) is 3.43. The molecule has 0 radical (unpaired) electrons. The van der Waals surface area contributed by atoms with E-state index in [9.17, 15) is 4.39 Å². The average molecular weight is 296 g/mol. The van der Waals surface area contributed by atoms with Crippen molar-refractivity contribution in [2.24, 2.45) is 0 Å². The van der Waals surface area contributed by atoms with E-state index in [1.165, 1.54) is 12.1 Å². The van der Waals surface area contributed by atoms with E-state index in [-0.39, 0.29) is 11.9 Å². The number of hydrogen-bond acceptors (Lipinski definition) is 2.